The zero-order chi connectivity index (χ0) is 23.1. The smallest absolute Gasteiger partial charge is 0.253 e. The molecule has 0 aliphatic carbocycles. The molecule has 1 aromatic heterocycles. The van der Waals surface area contributed by atoms with Gasteiger partial charge in [0.15, 0.2) is 0 Å². The van der Waals surface area contributed by atoms with Crippen LogP contribution in [0.1, 0.15) is 52.1 Å². The molecule has 1 heterocycles. The van der Waals surface area contributed by atoms with Gasteiger partial charge in [-0.05, 0) is 58.3 Å². The maximum atomic E-state index is 13.3. The van der Waals surface area contributed by atoms with Crippen LogP contribution in [0.3, 0.4) is 0 Å². The van der Waals surface area contributed by atoms with Crippen molar-refractivity contribution in [2.75, 3.05) is 0 Å². The van der Waals surface area contributed by atoms with Crippen LogP contribution in [0.2, 0.25) is 0 Å². The summed E-state index contributed by atoms with van der Waals surface area (Å²) in [6, 6.07) is 1.28. The van der Waals surface area contributed by atoms with E-state index in [2.05, 4.69) is 22.0 Å². The Labute approximate surface area is 183 Å². The Morgan fingerprint density at radius 1 is 1.35 bits per heavy atom. The van der Waals surface area contributed by atoms with Gasteiger partial charge in [-0.2, -0.15) is 0 Å². The molecule has 31 heavy (non-hydrogen) atoms. The van der Waals surface area contributed by atoms with Gasteiger partial charge in [-0.1, -0.05) is 30.0 Å². The minimum absolute atomic E-state index is 0.163. The van der Waals surface area contributed by atoms with Gasteiger partial charge < -0.3 is 14.6 Å². The summed E-state index contributed by atoms with van der Waals surface area (Å²) >= 11 is 0. The van der Waals surface area contributed by atoms with Crippen molar-refractivity contribution in [2.45, 2.75) is 52.5 Å². The average molecular weight is 428 g/mol. The molecule has 0 aromatic carbocycles. The molecular weight excluding hydrogens is 397 g/mol. The van der Waals surface area contributed by atoms with E-state index in [9.17, 15) is 14.0 Å². The Morgan fingerprint density at radius 2 is 2.13 bits per heavy atom. The standard InChI is InChI=1S/C24H30FN3O3/c1-5-20(25)12-11-18(3)27-24(30)22(6-2)23(14-13-21-15-17-31-28-21)26-16-9-7-8-10-19(4)29/h5-6,11-18H,2,7-10H2,1,3-4H3,(H,27,30)/b12-11-,14-13+,20-5+,23-22-,26-16?. The zero-order valence-corrected chi connectivity index (χ0v) is 18.3. The van der Waals surface area contributed by atoms with E-state index in [0.29, 0.717) is 24.2 Å². The third-order valence-corrected chi connectivity index (χ3v) is 4.12. The van der Waals surface area contributed by atoms with Crippen molar-refractivity contribution >= 4 is 24.0 Å². The van der Waals surface area contributed by atoms with Crippen LogP contribution in [0.5, 0.6) is 0 Å². The van der Waals surface area contributed by atoms with Gasteiger partial charge in [-0.15, -0.1) is 0 Å². The first-order valence-corrected chi connectivity index (χ1v) is 10.1. The van der Waals surface area contributed by atoms with Crippen LogP contribution in [-0.2, 0) is 9.59 Å². The SMILES string of the molecule is C=C/C(C(=O)NC(C)/C=C\C(F)=C/C)=C(\C=C\c1ccon1)N=CCCCCC(C)=O. The zero-order valence-electron chi connectivity index (χ0n) is 18.3. The monoisotopic (exact) mass is 427 g/mol. The number of hydrogen-bond donors (Lipinski definition) is 1. The minimum atomic E-state index is -0.399. The first kappa shape index (κ1) is 25.7. The second-order valence-electron chi connectivity index (χ2n) is 6.81. The van der Waals surface area contributed by atoms with Crippen molar-refractivity contribution in [3.63, 3.8) is 0 Å². The molecule has 0 fully saturated rings. The van der Waals surface area contributed by atoms with Crippen LogP contribution < -0.4 is 5.32 Å². The number of carbonyl (C=O) groups excluding carboxylic acids is 2. The van der Waals surface area contributed by atoms with Gasteiger partial charge in [-0.3, -0.25) is 9.79 Å². The molecule has 0 radical (unpaired) electrons. The molecule has 0 spiro atoms. The average Bonchev–Trinajstić information content (AvgIpc) is 3.25. The fourth-order valence-corrected chi connectivity index (χ4v) is 2.43. The highest BCUT2D eigenvalue weighted by Crippen LogP contribution is 2.13. The van der Waals surface area contributed by atoms with E-state index >= 15 is 0 Å². The summed E-state index contributed by atoms with van der Waals surface area (Å²) in [4.78, 5) is 28.2. The molecule has 0 bridgehead atoms. The third kappa shape index (κ3) is 10.8. The van der Waals surface area contributed by atoms with Crippen molar-refractivity contribution in [1.29, 1.82) is 0 Å². The van der Waals surface area contributed by atoms with Gasteiger partial charge in [0.25, 0.3) is 5.91 Å². The second kappa shape index (κ2) is 14.6. The molecule has 7 heteroatoms. The lowest BCUT2D eigenvalue weighted by atomic mass is 10.1. The number of amides is 1. The van der Waals surface area contributed by atoms with Crippen molar-refractivity contribution < 1.29 is 18.5 Å². The Morgan fingerprint density at radius 3 is 2.74 bits per heavy atom. The second-order valence-corrected chi connectivity index (χ2v) is 6.81. The van der Waals surface area contributed by atoms with Crippen LogP contribution in [0.15, 0.2) is 75.9 Å². The molecule has 0 saturated heterocycles. The lowest BCUT2D eigenvalue weighted by Crippen LogP contribution is -2.32. The van der Waals surface area contributed by atoms with Crippen LogP contribution in [0, 0.1) is 0 Å². The van der Waals surface area contributed by atoms with Gasteiger partial charge in [0, 0.05) is 24.7 Å². The molecule has 1 unspecified atom stereocenters. The van der Waals surface area contributed by atoms with E-state index in [4.69, 9.17) is 4.52 Å². The van der Waals surface area contributed by atoms with Crippen LogP contribution in [0.25, 0.3) is 6.08 Å². The molecule has 1 N–H and O–H groups in total. The largest absolute Gasteiger partial charge is 0.364 e. The van der Waals surface area contributed by atoms with Crippen molar-refractivity contribution in [3.05, 3.63) is 72.1 Å². The summed E-state index contributed by atoms with van der Waals surface area (Å²) in [6.07, 6.45) is 14.9. The van der Waals surface area contributed by atoms with Gasteiger partial charge in [0.05, 0.1) is 11.3 Å². The van der Waals surface area contributed by atoms with Gasteiger partial charge in [0.1, 0.15) is 23.6 Å². The summed E-state index contributed by atoms with van der Waals surface area (Å²) in [5, 5.41) is 6.59. The lowest BCUT2D eigenvalue weighted by Gasteiger charge is -2.11. The predicted octanol–water partition coefficient (Wildman–Crippen LogP) is 5.28. The van der Waals surface area contributed by atoms with Crippen molar-refractivity contribution in [2.24, 2.45) is 4.99 Å². The van der Waals surface area contributed by atoms with E-state index in [1.54, 1.807) is 51.3 Å². The topological polar surface area (TPSA) is 84.6 Å². The van der Waals surface area contributed by atoms with E-state index < -0.39 is 6.04 Å². The Balaban J connectivity index is 3.00. The third-order valence-electron chi connectivity index (χ3n) is 4.12. The first-order chi connectivity index (χ1) is 14.9. The number of aliphatic imine (C=N–C) groups is 1. The molecule has 1 amide bonds. The predicted molar refractivity (Wildman–Crippen MR) is 122 cm³/mol. The minimum Gasteiger partial charge on any atom is -0.364 e. The number of nitrogens with zero attached hydrogens (tertiary/aromatic N) is 2. The summed E-state index contributed by atoms with van der Waals surface area (Å²) < 4.78 is 18.1. The van der Waals surface area contributed by atoms with Crippen molar-refractivity contribution in [3.8, 4) is 0 Å². The molecule has 1 aromatic rings. The highest BCUT2D eigenvalue weighted by Gasteiger charge is 2.12. The van der Waals surface area contributed by atoms with Crippen LogP contribution in [-0.4, -0.2) is 29.1 Å². The summed E-state index contributed by atoms with van der Waals surface area (Å²) in [5.74, 6) is -0.607. The molecule has 0 saturated carbocycles. The number of hydrogen-bond acceptors (Lipinski definition) is 5. The molecule has 0 aliphatic rings. The molecular formula is C24H30FN3O3. The molecule has 6 nitrogen and oxygen atoms in total. The summed E-state index contributed by atoms with van der Waals surface area (Å²) in [5.41, 5.74) is 1.25. The number of rotatable bonds is 13. The Bertz CT molecular complexity index is 878. The Hall–Kier alpha value is -3.35. The maximum Gasteiger partial charge on any atom is 0.253 e. The van der Waals surface area contributed by atoms with E-state index in [-0.39, 0.29) is 23.1 Å². The lowest BCUT2D eigenvalue weighted by molar-refractivity contribution is -0.118. The molecule has 1 rings (SSSR count). The number of allylic oxidation sites excluding steroid dienone is 4. The number of nitrogens with one attached hydrogen (secondary N) is 1. The highest BCUT2D eigenvalue weighted by molar-refractivity contribution is 5.98. The number of carbonyl (C=O) groups is 2. The molecule has 1 atom stereocenters. The molecule has 0 aliphatic heterocycles. The number of halogens is 1. The van der Waals surface area contributed by atoms with Gasteiger partial charge >= 0.3 is 0 Å². The van der Waals surface area contributed by atoms with E-state index in [1.807, 2.05) is 0 Å². The number of aromatic nitrogens is 1. The highest BCUT2D eigenvalue weighted by atomic mass is 19.1. The quantitative estimate of drug-likeness (QED) is 0.201. The summed E-state index contributed by atoms with van der Waals surface area (Å²) in [6.45, 7) is 8.63. The fraction of sp³-hybridized carbons (Fsp3) is 0.333. The maximum absolute atomic E-state index is 13.3. The number of unbranched alkanes of at least 4 members (excludes halogenated alkanes) is 2. The fourth-order valence-electron chi connectivity index (χ4n) is 2.43. The first-order valence-electron chi connectivity index (χ1n) is 10.1. The van der Waals surface area contributed by atoms with Crippen LogP contribution in [0.4, 0.5) is 4.39 Å². The Kier molecular flexibility index (Phi) is 12.1. The normalized spacial score (nSPS) is 14.3. The van der Waals surface area contributed by atoms with E-state index in [1.165, 1.54) is 24.5 Å². The molecule has 166 valence electrons. The van der Waals surface area contributed by atoms with Crippen LogP contribution >= 0.6 is 0 Å². The van der Waals surface area contributed by atoms with Gasteiger partial charge in [-0.25, -0.2) is 4.39 Å². The van der Waals surface area contributed by atoms with E-state index in [0.717, 1.165) is 12.8 Å². The summed E-state index contributed by atoms with van der Waals surface area (Å²) in [7, 11) is 0. The number of ketones is 1. The number of Topliss-reactive ketones (excluding diaryl/α,β-unsaturated/α-hetero) is 1. The van der Waals surface area contributed by atoms with Crippen molar-refractivity contribution in [1.82, 2.24) is 10.5 Å². The van der Waals surface area contributed by atoms with Gasteiger partial charge in [0.2, 0.25) is 0 Å².